The first-order valence-corrected chi connectivity index (χ1v) is 9.28. The summed E-state index contributed by atoms with van der Waals surface area (Å²) < 4.78 is 5.13. The predicted octanol–water partition coefficient (Wildman–Crippen LogP) is 3.35. The van der Waals surface area contributed by atoms with Gasteiger partial charge in [-0.2, -0.15) is 4.80 Å². The van der Waals surface area contributed by atoms with E-state index in [1.807, 2.05) is 36.4 Å². The molecule has 1 heterocycles. The number of methoxy groups -OCH3 is 1. The summed E-state index contributed by atoms with van der Waals surface area (Å²) in [6, 6.07) is 15.1. The van der Waals surface area contributed by atoms with Crippen LogP contribution in [0.15, 0.2) is 48.5 Å². The lowest BCUT2D eigenvalue weighted by Gasteiger charge is -2.11. The van der Waals surface area contributed by atoms with Gasteiger partial charge in [-0.1, -0.05) is 50.2 Å². The zero-order chi connectivity index (χ0) is 20.1. The van der Waals surface area contributed by atoms with E-state index < -0.39 is 6.04 Å². The van der Waals surface area contributed by atoms with Gasteiger partial charge < -0.3 is 10.1 Å². The summed E-state index contributed by atoms with van der Waals surface area (Å²) in [7, 11) is 1.62. The number of carbonyl (C=O) groups excluding carboxylic acids is 1. The molecule has 3 aromatic rings. The van der Waals surface area contributed by atoms with Crippen molar-refractivity contribution in [2.24, 2.45) is 0 Å². The summed E-state index contributed by atoms with van der Waals surface area (Å²) in [6.07, 6.45) is 0. The normalized spacial score (nSPS) is 12.0. The first-order valence-electron chi connectivity index (χ1n) is 9.28. The highest BCUT2D eigenvalue weighted by Crippen LogP contribution is 2.20. The summed E-state index contributed by atoms with van der Waals surface area (Å²) in [5.74, 6) is 1.58. The van der Waals surface area contributed by atoms with E-state index >= 15 is 0 Å². The molecule has 0 saturated carbocycles. The number of benzene rings is 2. The third-order valence-corrected chi connectivity index (χ3v) is 4.62. The summed E-state index contributed by atoms with van der Waals surface area (Å²) in [6.45, 7) is 6.47. The van der Waals surface area contributed by atoms with E-state index in [1.54, 1.807) is 14.0 Å². The van der Waals surface area contributed by atoms with Gasteiger partial charge in [0, 0.05) is 12.1 Å². The van der Waals surface area contributed by atoms with E-state index in [4.69, 9.17) is 4.74 Å². The molecular formula is C21H25N5O2. The number of ether oxygens (including phenoxy) is 1. The minimum absolute atomic E-state index is 0.171. The highest BCUT2D eigenvalue weighted by molar-refractivity contribution is 5.79. The topological polar surface area (TPSA) is 81.9 Å². The van der Waals surface area contributed by atoms with Crippen LogP contribution < -0.4 is 10.1 Å². The maximum absolute atomic E-state index is 12.4. The highest BCUT2D eigenvalue weighted by atomic mass is 16.5. The third-order valence-electron chi connectivity index (χ3n) is 4.62. The highest BCUT2D eigenvalue weighted by Gasteiger charge is 2.18. The molecule has 0 aliphatic carbocycles. The van der Waals surface area contributed by atoms with E-state index in [1.165, 1.54) is 10.4 Å². The average molecular weight is 379 g/mol. The Kier molecular flexibility index (Phi) is 6.03. The summed E-state index contributed by atoms with van der Waals surface area (Å²) in [5.41, 5.74) is 3.11. The fraction of sp³-hybridized carbons (Fsp3) is 0.333. The number of carbonyl (C=O) groups is 1. The molecule has 0 bridgehead atoms. The zero-order valence-electron chi connectivity index (χ0n) is 16.6. The van der Waals surface area contributed by atoms with Gasteiger partial charge in [0.05, 0.1) is 7.11 Å². The first kappa shape index (κ1) is 19.5. The number of tetrazole rings is 1. The maximum atomic E-state index is 12.4. The predicted molar refractivity (Wildman–Crippen MR) is 107 cm³/mol. The van der Waals surface area contributed by atoms with Crippen LogP contribution in [0.5, 0.6) is 5.75 Å². The van der Waals surface area contributed by atoms with Gasteiger partial charge in [0.25, 0.3) is 0 Å². The molecule has 7 nitrogen and oxygen atoms in total. The van der Waals surface area contributed by atoms with Gasteiger partial charge in [-0.05, 0) is 41.3 Å². The fourth-order valence-corrected chi connectivity index (χ4v) is 2.71. The van der Waals surface area contributed by atoms with Crippen molar-refractivity contribution in [3.8, 4) is 17.1 Å². The molecule has 3 rings (SSSR count). The number of nitrogens with zero attached hydrogens (tertiary/aromatic N) is 4. The van der Waals surface area contributed by atoms with Crippen LogP contribution in [-0.2, 0) is 11.3 Å². The van der Waals surface area contributed by atoms with E-state index in [9.17, 15) is 4.79 Å². The van der Waals surface area contributed by atoms with Gasteiger partial charge in [-0.15, -0.1) is 10.2 Å². The molecule has 0 aliphatic heterocycles. The van der Waals surface area contributed by atoms with Crippen molar-refractivity contribution >= 4 is 5.91 Å². The van der Waals surface area contributed by atoms with Crippen LogP contribution >= 0.6 is 0 Å². The van der Waals surface area contributed by atoms with Crippen molar-refractivity contribution in [1.82, 2.24) is 25.5 Å². The molecular weight excluding hydrogens is 354 g/mol. The van der Waals surface area contributed by atoms with Crippen LogP contribution in [0.4, 0.5) is 0 Å². The molecule has 1 atom stereocenters. The smallest absolute Gasteiger partial charge is 0.246 e. The molecule has 0 fully saturated rings. The lowest BCUT2D eigenvalue weighted by molar-refractivity contribution is -0.124. The Labute approximate surface area is 164 Å². The van der Waals surface area contributed by atoms with Crippen molar-refractivity contribution in [2.75, 3.05) is 7.11 Å². The van der Waals surface area contributed by atoms with Crippen molar-refractivity contribution in [1.29, 1.82) is 0 Å². The minimum atomic E-state index is -0.561. The van der Waals surface area contributed by atoms with Gasteiger partial charge in [0.2, 0.25) is 11.7 Å². The summed E-state index contributed by atoms with van der Waals surface area (Å²) in [5, 5.41) is 15.4. The van der Waals surface area contributed by atoms with E-state index in [2.05, 4.69) is 46.7 Å². The molecule has 1 aromatic heterocycles. The molecule has 0 spiro atoms. The Morgan fingerprint density at radius 3 is 2.36 bits per heavy atom. The third kappa shape index (κ3) is 4.54. The molecule has 28 heavy (non-hydrogen) atoms. The van der Waals surface area contributed by atoms with Gasteiger partial charge in [-0.3, -0.25) is 4.79 Å². The van der Waals surface area contributed by atoms with E-state index in [-0.39, 0.29) is 5.91 Å². The molecule has 2 aromatic carbocycles. The van der Waals surface area contributed by atoms with Crippen LogP contribution in [0.1, 0.15) is 43.9 Å². The Morgan fingerprint density at radius 2 is 1.75 bits per heavy atom. The second kappa shape index (κ2) is 8.65. The van der Waals surface area contributed by atoms with Crippen LogP contribution in [0, 0.1) is 0 Å². The van der Waals surface area contributed by atoms with Crippen molar-refractivity contribution in [3.05, 3.63) is 59.7 Å². The molecule has 0 unspecified atom stereocenters. The fourth-order valence-electron chi connectivity index (χ4n) is 2.71. The standard InChI is InChI=1S/C21H25N5O2/c1-14(2)17-7-9-18(10-8-17)20-23-25-26(24-20)15(3)21(27)22-13-16-5-11-19(28-4)12-6-16/h5-12,14-15H,13H2,1-4H3,(H,22,27)/t15-/m0/s1. The second-order valence-electron chi connectivity index (χ2n) is 6.95. The lowest BCUT2D eigenvalue weighted by Crippen LogP contribution is -2.31. The molecule has 1 amide bonds. The quantitative estimate of drug-likeness (QED) is 0.681. The largest absolute Gasteiger partial charge is 0.497 e. The van der Waals surface area contributed by atoms with Crippen molar-refractivity contribution in [2.45, 2.75) is 39.3 Å². The average Bonchev–Trinajstić information content (AvgIpc) is 3.22. The van der Waals surface area contributed by atoms with Crippen LogP contribution in [0.25, 0.3) is 11.4 Å². The number of amides is 1. The first-order chi connectivity index (χ1) is 13.5. The van der Waals surface area contributed by atoms with E-state index in [0.29, 0.717) is 18.3 Å². The van der Waals surface area contributed by atoms with Gasteiger partial charge in [0.15, 0.2) is 0 Å². The van der Waals surface area contributed by atoms with Crippen molar-refractivity contribution in [3.63, 3.8) is 0 Å². The maximum Gasteiger partial charge on any atom is 0.246 e. The van der Waals surface area contributed by atoms with Crippen molar-refractivity contribution < 1.29 is 9.53 Å². The second-order valence-corrected chi connectivity index (χ2v) is 6.95. The monoisotopic (exact) mass is 379 g/mol. The Morgan fingerprint density at radius 1 is 1.07 bits per heavy atom. The molecule has 0 saturated heterocycles. The summed E-state index contributed by atoms with van der Waals surface area (Å²) in [4.78, 5) is 13.8. The minimum Gasteiger partial charge on any atom is -0.497 e. The molecule has 1 N–H and O–H groups in total. The summed E-state index contributed by atoms with van der Waals surface area (Å²) >= 11 is 0. The molecule has 7 heteroatoms. The Hall–Kier alpha value is -3.22. The number of hydrogen-bond acceptors (Lipinski definition) is 5. The van der Waals surface area contributed by atoms with Gasteiger partial charge in [0.1, 0.15) is 11.8 Å². The number of hydrogen-bond donors (Lipinski definition) is 1. The number of nitrogens with one attached hydrogen (secondary N) is 1. The SMILES string of the molecule is COc1ccc(CNC(=O)[C@H](C)n2nnc(-c3ccc(C(C)C)cc3)n2)cc1. The molecule has 0 aliphatic rings. The van der Waals surface area contributed by atoms with Gasteiger partial charge in [-0.25, -0.2) is 0 Å². The van der Waals surface area contributed by atoms with Crippen LogP contribution in [0.3, 0.4) is 0 Å². The van der Waals surface area contributed by atoms with Crippen LogP contribution in [-0.4, -0.2) is 33.2 Å². The molecule has 0 radical (unpaired) electrons. The van der Waals surface area contributed by atoms with E-state index in [0.717, 1.165) is 16.9 Å². The lowest BCUT2D eigenvalue weighted by atomic mass is 10.0. The number of aromatic nitrogens is 4. The zero-order valence-corrected chi connectivity index (χ0v) is 16.6. The number of rotatable bonds is 7. The molecule has 146 valence electrons. The van der Waals surface area contributed by atoms with Crippen LogP contribution in [0.2, 0.25) is 0 Å². The Bertz CT molecular complexity index is 917. The Balaban J connectivity index is 1.62. The van der Waals surface area contributed by atoms with Gasteiger partial charge >= 0.3 is 0 Å².